The van der Waals surface area contributed by atoms with E-state index in [1.807, 2.05) is 43.5 Å². The summed E-state index contributed by atoms with van der Waals surface area (Å²) >= 11 is 0. The molecule has 3 aromatic rings. The molecule has 0 saturated carbocycles. The minimum Gasteiger partial charge on any atom is -0.467 e. The van der Waals surface area contributed by atoms with Gasteiger partial charge < -0.3 is 4.42 Å². The number of furan rings is 1. The molecule has 2 aromatic heterocycles. The van der Waals surface area contributed by atoms with Crippen LogP contribution in [0.5, 0.6) is 0 Å². The Hall–Kier alpha value is -2.33. The van der Waals surface area contributed by atoms with Crippen LogP contribution in [0.4, 0.5) is 0 Å². The Morgan fingerprint density at radius 1 is 1.20 bits per heavy atom. The Kier molecular flexibility index (Phi) is 3.65. The topological polar surface area (TPSA) is 53.9 Å². The van der Waals surface area contributed by atoms with Gasteiger partial charge >= 0.3 is 0 Å². The lowest BCUT2D eigenvalue weighted by atomic mass is 10.0. The zero-order valence-electron chi connectivity index (χ0n) is 11.3. The first-order valence-corrected chi connectivity index (χ1v) is 6.65. The number of H-pyrrole nitrogens is 1. The number of hydrogen-bond acceptors (Lipinski definition) is 3. The fraction of sp³-hybridized carbons (Fsp3) is 0.188. The zero-order valence-corrected chi connectivity index (χ0v) is 11.3. The number of nitrogens with one attached hydrogen (secondary N) is 2. The van der Waals surface area contributed by atoms with Crippen LogP contribution in [0.2, 0.25) is 0 Å². The molecule has 0 aliphatic carbocycles. The number of rotatable bonds is 5. The summed E-state index contributed by atoms with van der Waals surface area (Å²) in [5.41, 5.74) is 3.44. The maximum absolute atomic E-state index is 5.56. The number of hydrogen-bond donors (Lipinski definition) is 2. The lowest BCUT2D eigenvalue weighted by Gasteiger charge is -2.17. The predicted molar refractivity (Wildman–Crippen MR) is 77.2 cm³/mol. The third-order valence-electron chi connectivity index (χ3n) is 3.39. The van der Waals surface area contributed by atoms with Crippen molar-refractivity contribution in [3.8, 4) is 0 Å². The van der Waals surface area contributed by atoms with Crippen LogP contribution in [0.1, 0.15) is 28.6 Å². The van der Waals surface area contributed by atoms with Crippen molar-refractivity contribution in [2.24, 2.45) is 0 Å². The highest BCUT2D eigenvalue weighted by molar-refractivity contribution is 5.27. The van der Waals surface area contributed by atoms with Crippen LogP contribution in [0.3, 0.4) is 0 Å². The van der Waals surface area contributed by atoms with E-state index in [4.69, 9.17) is 4.42 Å². The molecule has 2 N–H and O–H groups in total. The molecule has 0 bridgehead atoms. The standard InChI is InChI=1S/C16H17N3O/c1-12-14(11-18-19-12)10-17-16(15-8-5-9-20-15)13-6-3-2-4-7-13/h2-9,11,16-17H,10H2,1H3,(H,18,19). The SMILES string of the molecule is Cc1[nH]ncc1CNC(c1ccccc1)c1ccco1. The van der Waals surface area contributed by atoms with Gasteiger partial charge in [0, 0.05) is 17.8 Å². The van der Waals surface area contributed by atoms with Crippen LogP contribution >= 0.6 is 0 Å². The molecule has 0 fully saturated rings. The number of nitrogens with zero attached hydrogens (tertiary/aromatic N) is 1. The molecule has 4 nitrogen and oxygen atoms in total. The van der Waals surface area contributed by atoms with Gasteiger partial charge in [-0.3, -0.25) is 10.4 Å². The largest absolute Gasteiger partial charge is 0.467 e. The Balaban J connectivity index is 1.82. The van der Waals surface area contributed by atoms with E-state index in [0.717, 1.165) is 23.6 Å². The summed E-state index contributed by atoms with van der Waals surface area (Å²) in [6, 6.07) is 14.2. The molecule has 1 unspecified atom stereocenters. The maximum Gasteiger partial charge on any atom is 0.125 e. The van der Waals surface area contributed by atoms with Gasteiger partial charge in [-0.25, -0.2) is 0 Å². The molecule has 2 heterocycles. The summed E-state index contributed by atoms with van der Waals surface area (Å²) in [5.74, 6) is 0.914. The summed E-state index contributed by atoms with van der Waals surface area (Å²) in [5, 5.41) is 10.5. The van der Waals surface area contributed by atoms with Gasteiger partial charge in [0.25, 0.3) is 0 Å². The zero-order chi connectivity index (χ0) is 13.8. The second kappa shape index (κ2) is 5.75. The molecule has 0 saturated heterocycles. The molecule has 20 heavy (non-hydrogen) atoms. The molecule has 0 radical (unpaired) electrons. The summed E-state index contributed by atoms with van der Waals surface area (Å²) in [6.45, 7) is 2.76. The second-order valence-corrected chi connectivity index (χ2v) is 4.76. The highest BCUT2D eigenvalue weighted by atomic mass is 16.3. The van der Waals surface area contributed by atoms with E-state index in [0.29, 0.717) is 0 Å². The van der Waals surface area contributed by atoms with E-state index in [2.05, 4.69) is 27.6 Å². The second-order valence-electron chi connectivity index (χ2n) is 4.76. The first-order valence-electron chi connectivity index (χ1n) is 6.65. The third kappa shape index (κ3) is 2.65. The molecule has 0 aliphatic heterocycles. The van der Waals surface area contributed by atoms with Crippen molar-refractivity contribution in [3.05, 3.63) is 77.5 Å². The van der Waals surface area contributed by atoms with Crippen LogP contribution in [-0.4, -0.2) is 10.2 Å². The number of aromatic nitrogens is 2. The molecule has 1 aromatic carbocycles. The first kappa shape index (κ1) is 12.7. The lowest BCUT2D eigenvalue weighted by Crippen LogP contribution is -2.21. The van der Waals surface area contributed by atoms with Gasteiger partial charge in [0.05, 0.1) is 18.5 Å². The normalized spacial score (nSPS) is 12.4. The Labute approximate surface area is 117 Å². The van der Waals surface area contributed by atoms with E-state index in [9.17, 15) is 0 Å². The monoisotopic (exact) mass is 267 g/mol. The van der Waals surface area contributed by atoms with Crippen LogP contribution in [0.15, 0.2) is 59.3 Å². The van der Waals surface area contributed by atoms with Gasteiger partial charge in [-0.1, -0.05) is 30.3 Å². The van der Waals surface area contributed by atoms with Crippen molar-refractivity contribution in [1.82, 2.24) is 15.5 Å². The van der Waals surface area contributed by atoms with Crippen LogP contribution < -0.4 is 5.32 Å². The minimum absolute atomic E-state index is 0.0421. The average Bonchev–Trinajstić information content (AvgIpc) is 3.13. The number of benzene rings is 1. The fourth-order valence-corrected chi connectivity index (χ4v) is 2.25. The molecular formula is C16H17N3O. The van der Waals surface area contributed by atoms with Crippen molar-refractivity contribution in [2.45, 2.75) is 19.5 Å². The number of aromatic amines is 1. The summed E-state index contributed by atoms with van der Waals surface area (Å²) < 4.78 is 5.56. The molecule has 3 rings (SSSR count). The molecule has 102 valence electrons. The Morgan fingerprint density at radius 3 is 2.70 bits per heavy atom. The van der Waals surface area contributed by atoms with E-state index >= 15 is 0 Å². The van der Waals surface area contributed by atoms with Gasteiger partial charge in [-0.15, -0.1) is 0 Å². The predicted octanol–water partition coefficient (Wildman–Crippen LogP) is 3.19. The van der Waals surface area contributed by atoms with Gasteiger partial charge in [-0.2, -0.15) is 5.10 Å². The van der Waals surface area contributed by atoms with Crippen LogP contribution in [0, 0.1) is 6.92 Å². The number of aryl methyl sites for hydroxylation is 1. The summed E-state index contributed by atoms with van der Waals surface area (Å²) in [6.07, 6.45) is 3.56. The highest BCUT2D eigenvalue weighted by Crippen LogP contribution is 2.22. The Bertz CT molecular complexity index is 643. The van der Waals surface area contributed by atoms with Crippen LogP contribution in [-0.2, 0) is 6.54 Å². The summed E-state index contributed by atoms with van der Waals surface area (Å²) in [7, 11) is 0. The minimum atomic E-state index is 0.0421. The lowest BCUT2D eigenvalue weighted by molar-refractivity contribution is 0.445. The van der Waals surface area contributed by atoms with E-state index in [-0.39, 0.29) is 6.04 Å². The molecule has 0 amide bonds. The maximum atomic E-state index is 5.56. The Morgan fingerprint density at radius 2 is 2.05 bits per heavy atom. The molecule has 4 heteroatoms. The molecule has 1 atom stereocenters. The van der Waals surface area contributed by atoms with Gasteiger partial charge in [0.15, 0.2) is 0 Å². The smallest absolute Gasteiger partial charge is 0.125 e. The fourth-order valence-electron chi connectivity index (χ4n) is 2.25. The van der Waals surface area contributed by atoms with Gasteiger partial charge in [-0.05, 0) is 24.6 Å². The van der Waals surface area contributed by atoms with Gasteiger partial charge in [0.2, 0.25) is 0 Å². The van der Waals surface area contributed by atoms with Crippen molar-refractivity contribution in [3.63, 3.8) is 0 Å². The van der Waals surface area contributed by atoms with Crippen molar-refractivity contribution < 1.29 is 4.42 Å². The third-order valence-corrected chi connectivity index (χ3v) is 3.39. The van der Waals surface area contributed by atoms with Crippen molar-refractivity contribution >= 4 is 0 Å². The molecule has 0 aliphatic rings. The van der Waals surface area contributed by atoms with E-state index in [1.54, 1.807) is 6.26 Å². The molecule has 0 spiro atoms. The van der Waals surface area contributed by atoms with Gasteiger partial charge in [0.1, 0.15) is 5.76 Å². The molecular weight excluding hydrogens is 250 g/mol. The quantitative estimate of drug-likeness (QED) is 0.746. The van der Waals surface area contributed by atoms with E-state index < -0.39 is 0 Å². The van der Waals surface area contributed by atoms with E-state index in [1.165, 1.54) is 5.56 Å². The highest BCUT2D eigenvalue weighted by Gasteiger charge is 2.16. The first-order chi connectivity index (χ1) is 9.84. The van der Waals surface area contributed by atoms with Crippen molar-refractivity contribution in [1.29, 1.82) is 0 Å². The van der Waals surface area contributed by atoms with Crippen LogP contribution in [0.25, 0.3) is 0 Å². The summed E-state index contributed by atoms with van der Waals surface area (Å²) in [4.78, 5) is 0. The van der Waals surface area contributed by atoms with Crippen molar-refractivity contribution in [2.75, 3.05) is 0 Å². The average molecular weight is 267 g/mol.